The molecule has 0 saturated carbocycles. The molecule has 2 aromatic rings. The Morgan fingerprint density at radius 3 is 2.54 bits per heavy atom. The molecular formula is C15H20N4O4S. The Balaban J connectivity index is 1.85. The van der Waals surface area contributed by atoms with Crippen molar-refractivity contribution in [3.05, 3.63) is 23.0 Å². The third kappa shape index (κ3) is 2.89. The van der Waals surface area contributed by atoms with Crippen molar-refractivity contribution in [2.24, 2.45) is 0 Å². The molecule has 2 aromatic heterocycles. The Hall–Kier alpha value is -2.00. The van der Waals surface area contributed by atoms with Crippen molar-refractivity contribution in [1.82, 2.24) is 19.3 Å². The Morgan fingerprint density at radius 2 is 1.92 bits per heavy atom. The summed E-state index contributed by atoms with van der Waals surface area (Å²) in [5, 5.41) is 4.50. The summed E-state index contributed by atoms with van der Waals surface area (Å²) in [5.74, 6) is -0.0734. The van der Waals surface area contributed by atoms with Gasteiger partial charge < -0.3 is 9.42 Å². The maximum atomic E-state index is 12.9. The first-order chi connectivity index (χ1) is 11.3. The number of pyridine rings is 1. The van der Waals surface area contributed by atoms with E-state index in [0.717, 1.165) is 0 Å². The second kappa shape index (κ2) is 6.14. The Kier molecular flexibility index (Phi) is 4.31. The standard InChI is InChI=1S/C15H20N4O4S/c1-4-24(21,22)19-7-5-18(6-8-19)15(20)12-9-10(2)16-14-13(12)11(3)17-23-14/h9H,4-8H2,1-3H3. The van der Waals surface area contributed by atoms with Crippen molar-refractivity contribution in [3.63, 3.8) is 0 Å². The van der Waals surface area contributed by atoms with Crippen molar-refractivity contribution < 1.29 is 17.7 Å². The molecular weight excluding hydrogens is 332 g/mol. The van der Waals surface area contributed by atoms with Crippen LogP contribution in [0.2, 0.25) is 0 Å². The number of aromatic nitrogens is 2. The lowest BCUT2D eigenvalue weighted by atomic mass is 10.1. The van der Waals surface area contributed by atoms with Crippen LogP contribution in [0.3, 0.4) is 0 Å². The molecule has 0 atom stereocenters. The molecule has 0 radical (unpaired) electrons. The normalized spacial score (nSPS) is 16.7. The summed E-state index contributed by atoms with van der Waals surface area (Å²) >= 11 is 0. The zero-order valence-electron chi connectivity index (χ0n) is 13.9. The maximum Gasteiger partial charge on any atom is 0.258 e. The van der Waals surface area contributed by atoms with Crippen LogP contribution in [-0.2, 0) is 10.0 Å². The van der Waals surface area contributed by atoms with Crippen LogP contribution in [0.1, 0.15) is 28.7 Å². The minimum Gasteiger partial charge on any atom is -0.336 e. The largest absolute Gasteiger partial charge is 0.336 e. The second-order valence-corrected chi connectivity index (χ2v) is 8.11. The molecule has 1 aliphatic rings. The van der Waals surface area contributed by atoms with Crippen molar-refractivity contribution in [3.8, 4) is 0 Å². The molecule has 1 saturated heterocycles. The van der Waals surface area contributed by atoms with E-state index in [0.29, 0.717) is 54.2 Å². The van der Waals surface area contributed by atoms with Gasteiger partial charge in [-0.3, -0.25) is 4.79 Å². The van der Waals surface area contributed by atoms with E-state index in [1.807, 2.05) is 0 Å². The molecule has 0 aromatic carbocycles. The molecule has 1 aliphatic heterocycles. The fourth-order valence-electron chi connectivity index (χ4n) is 2.91. The molecule has 24 heavy (non-hydrogen) atoms. The van der Waals surface area contributed by atoms with Gasteiger partial charge in [-0.2, -0.15) is 4.31 Å². The number of carbonyl (C=O) groups excluding carboxylic acids is 1. The molecule has 0 N–H and O–H groups in total. The number of nitrogens with zero attached hydrogens (tertiary/aromatic N) is 4. The molecule has 3 heterocycles. The molecule has 0 bridgehead atoms. The number of piperazine rings is 1. The first-order valence-corrected chi connectivity index (χ1v) is 9.45. The highest BCUT2D eigenvalue weighted by molar-refractivity contribution is 7.89. The number of rotatable bonds is 3. The Morgan fingerprint density at radius 1 is 1.25 bits per heavy atom. The third-order valence-corrected chi connectivity index (χ3v) is 6.14. The summed E-state index contributed by atoms with van der Waals surface area (Å²) in [5.41, 5.74) is 2.15. The Labute approximate surface area is 140 Å². The average molecular weight is 352 g/mol. The molecule has 0 spiro atoms. The summed E-state index contributed by atoms with van der Waals surface area (Å²) in [6, 6.07) is 1.73. The number of fused-ring (bicyclic) bond motifs is 1. The van der Waals surface area contributed by atoms with Crippen molar-refractivity contribution in [1.29, 1.82) is 0 Å². The number of sulfonamides is 1. The number of carbonyl (C=O) groups is 1. The van der Waals surface area contributed by atoms with Gasteiger partial charge in [0.1, 0.15) is 0 Å². The van der Waals surface area contributed by atoms with Crippen LogP contribution >= 0.6 is 0 Å². The van der Waals surface area contributed by atoms with E-state index in [1.54, 1.807) is 31.7 Å². The van der Waals surface area contributed by atoms with Crippen molar-refractivity contribution in [2.45, 2.75) is 20.8 Å². The first kappa shape index (κ1) is 16.8. The number of hydrogen-bond acceptors (Lipinski definition) is 6. The van der Waals surface area contributed by atoms with Gasteiger partial charge in [0.25, 0.3) is 11.6 Å². The molecule has 1 fully saturated rings. The van der Waals surface area contributed by atoms with E-state index in [-0.39, 0.29) is 11.7 Å². The quantitative estimate of drug-likeness (QED) is 0.816. The van der Waals surface area contributed by atoms with Gasteiger partial charge in [-0.25, -0.2) is 13.4 Å². The zero-order valence-corrected chi connectivity index (χ0v) is 14.8. The number of hydrogen-bond donors (Lipinski definition) is 0. The lowest BCUT2D eigenvalue weighted by molar-refractivity contribution is 0.0699. The van der Waals surface area contributed by atoms with Crippen LogP contribution in [0, 0.1) is 13.8 Å². The highest BCUT2D eigenvalue weighted by Gasteiger charge is 2.29. The lowest BCUT2D eigenvalue weighted by Crippen LogP contribution is -2.50. The lowest BCUT2D eigenvalue weighted by Gasteiger charge is -2.34. The molecule has 8 nitrogen and oxygen atoms in total. The highest BCUT2D eigenvalue weighted by atomic mass is 32.2. The van der Waals surface area contributed by atoms with E-state index in [2.05, 4.69) is 10.1 Å². The van der Waals surface area contributed by atoms with Gasteiger partial charge in [0.2, 0.25) is 10.0 Å². The van der Waals surface area contributed by atoms with Crippen molar-refractivity contribution in [2.75, 3.05) is 31.9 Å². The molecule has 3 rings (SSSR count). The predicted octanol–water partition coefficient (Wildman–Crippen LogP) is 0.947. The molecule has 9 heteroatoms. The van der Waals surface area contributed by atoms with E-state index < -0.39 is 10.0 Å². The summed E-state index contributed by atoms with van der Waals surface area (Å²) < 4.78 is 30.5. The second-order valence-electron chi connectivity index (χ2n) is 5.85. The van der Waals surface area contributed by atoms with Crippen LogP contribution < -0.4 is 0 Å². The fraction of sp³-hybridized carbons (Fsp3) is 0.533. The van der Waals surface area contributed by atoms with Crippen LogP contribution in [0.25, 0.3) is 11.1 Å². The Bertz CT molecular complexity index is 882. The van der Waals surface area contributed by atoms with Gasteiger partial charge >= 0.3 is 0 Å². The fourth-order valence-corrected chi connectivity index (χ4v) is 3.99. The van der Waals surface area contributed by atoms with Crippen molar-refractivity contribution >= 4 is 27.0 Å². The molecule has 1 amide bonds. The van der Waals surface area contributed by atoms with Gasteiger partial charge in [0, 0.05) is 31.9 Å². The molecule has 0 aliphatic carbocycles. The van der Waals surface area contributed by atoms with Crippen LogP contribution in [0.15, 0.2) is 10.6 Å². The monoisotopic (exact) mass is 352 g/mol. The minimum atomic E-state index is -3.21. The smallest absolute Gasteiger partial charge is 0.258 e. The maximum absolute atomic E-state index is 12.9. The summed E-state index contributed by atoms with van der Waals surface area (Å²) in [6.07, 6.45) is 0. The van der Waals surface area contributed by atoms with Crippen LogP contribution in [-0.4, -0.2) is 65.6 Å². The predicted molar refractivity (Wildman–Crippen MR) is 88.2 cm³/mol. The number of aryl methyl sites for hydroxylation is 2. The number of amides is 1. The van der Waals surface area contributed by atoms with E-state index >= 15 is 0 Å². The third-order valence-electron chi connectivity index (χ3n) is 4.26. The SMILES string of the molecule is CCS(=O)(=O)N1CCN(C(=O)c2cc(C)nc3onc(C)c23)CC1. The van der Waals surface area contributed by atoms with E-state index in [4.69, 9.17) is 4.52 Å². The van der Waals surface area contributed by atoms with E-state index in [1.165, 1.54) is 4.31 Å². The van der Waals surface area contributed by atoms with Gasteiger partial charge in [-0.15, -0.1) is 0 Å². The molecule has 0 unspecified atom stereocenters. The van der Waals surface area contributed by atoms with Gasteiger partial charge in [-0.1, -0.05) is 5.16 Å². The van der Waals surface area contributed by atoms with Gasteiger partial charge in [-0.05, 0) is 26.8 Å². The minimum absolute atomic E-state index is 0.0744. The van der Waals surface area contributed by atoms with E-state index in [9.17, 15) is 13.2 Å². The summed E-state index contributed by atoms with van der Waals surface area (Å²) in [6.45, 7) is 6.55. The summed E-state index contributed by atoms with van der Waals surface area (Å²) in [7, 11) is -3.21. The zero-order chi connectivity index (χ0) is 17.5. The van der Waals surface area contributed by atoms with Crippen LogP contribution in [0.5, 0.6) is 0 Å². The van der Waals surface area contributed by atoms with Gasteiger partial charge in [0.05, 0.1) is 22.4 Å². The molecule has 130 valence electrons. The average Bonchev–Trinajstić information content (AvgIpc) is 2.94. The van der Waals surface area contributed by atoms with Gasteiger partial charge in [0.15, 0.2) is 0 Å². The highest BCUT2D eigenvalue weighted by Crippen LogP contribution is 2.24. The first-order valence-electron chi connectivity index (χ1n) is 7.84. The topological polar surface area (TPSA) is 96.6 Å². The van der Waals surface area contributed by atoms with Crippen LogP contribution in [0.4, 0.5) is 0 Å². The summed E-state index contributed by atoms with van der Waals surface area (Å²) in [4.78, 5) is 18.8.